The number of benzene rings is 1. The van der Waals surface area contributed by atoms with E-state index in [0.29, 0.717) is 5.41 Å². The van der Waals surface area contributed by atoms with Crippen LogP contribution >= 0.6 is 11.8 Å². The van der Waals surface area contributed by atoms with Crippen molar-refractivity contribution in [2.24, 2.45) is 10.4 Å². The first-order valence-electron chi connectivity index (χ1n) is 8.23. The van der Waals surface area contributed by atoms with Gasteiger partial charge in [0.15, 0.2) is 5.17 Å². The lowest BCUT2D eigenvalue weighted by Gasteiger charge is -2.38. The lowest BCUT2D eigenvalue weighted by atomic mass is 9.75. The van der Waals surface area contributed by atoms with Crippen LogP contribution in [0.1, 0.15) is 43.2 Å². The molecule has 0 atom stereocenters. The maximum Gasteiger partial charge on any atom is 0.156 e. The number of nitrogens with one attached hydrogen (secondary N) is 1. The summed E-state index contributed by atoms with van der Waals surface area (Å²) in [6, 6.07) is 8.78. The quantitative estimate of drug-likeness (QED) is 0.906. The van der Waals surface area contributed by atoms with Crippen LogP contribution in [0.3, 0.4) is 0 Å². The van der Waals surface area contributed by atoms with Crippen molar-refractivity contribution in [2.75, 3.05) is 18.8 Å². The van der Waals surface area contributed by atoms with E-state index in [9.17, 15) is 0 Å². The maximum atomic E-state index is 4.82. The third-order valence-corrected chi connectivity index (χ3v) is 6.06. The minimum absolute atomic E-state index is 0.532. The van der Waals surface area contributed by atoms with Crippen molar-refractivity contribution in [1.82, 2.24) is 5.32 Å². The third-order valence-electron chi connectivity index (χ3n) is 4.76. The number of rotatable bonds is 3. The highest BCUT2D eigenvalue weighted by Crippen LogP contribution is 2.41. The molecule has 3 rings (SSSR count). The number of aryl methyl sites for hydroxylation is 1. The van der Waals surface area contributed by atoms with Gasteiger partial charge < -0.3 is 5.32 Å². The van der Waals surface area contributed by atoms with E-state index in [1.807, 2.05) is 11.8 Å². The predicted octanol–water partition coefficient (Wildman–Crippen LogP) is 4.18. The Balaban J connectivity index is 1.46. The summed E-state index contributed by atoms with van der Waals surface area (Å²) in [5, 5.41) is 4.69. The fraction of sp³-hybridized carbons (Fsp3) is 0.611. The molecule has 1 fully saturated rings. The Labute approximate surface area is 132 Å². The minimum atomic E-state index is 0.532. The minimum Gasteiger partial charge on any atom is -0.365 e. The van der Waals surface area contributed by atoms with Crippen LogP contribution < -0.4 is 5.32 Å². The summed E-state index contributed by atoms with van der Waals surface area (Å²) in [4.78, 5) is 4.82. The molecule has 2 aliphatic rings. The predicted molar refractivity (Wildman–Crippen MR) is 93.2 cm³/mol. The molecule has 1 spiro atoms. The first-order chi connectivity index (χ1) is 10.3. The zero-order valence-corrected chi connectivity index (χ0v) is 13.8. The number of nitrogens with zero attached hydrogens (tertiary/aromatic N) is 1. The molecule has 0 radical (unpaired) electrons. The first-order valence-corrected chi connectivity index (χ1v) is 9.21. The molecule has 0 aromatic heterocycles. The van der Waals surface area contributed by atoms with Gasteiger partial charge in [0, 0.05) is 18.8 Å². The lowest BCUT2D eigenvalue weighted by Crippen LogP contribution is -2.37. The zero-order chi connectivity index (χ0) is 14.5. The van der Waals surface area contributed by atoms with Gasteiger partial charge in [-0.25, -0.2) is 0 Å². The highest BCUT2D eigenvalue weighted by molar-refractivity contribution is 8.13. The molecule has 1 heterocycles. The molecular formula is C18H26N2S. The third kappa shape index (κ3) is 4.03. The van der Waals surface area contributed by atoms with Crippen LogP contribution in [0, 0.1) is 12.3 Å². The summed E-state index contributed by atoms with van der Waals surface area (Å²) < 4.78 is 0. The normalized spacial score (nSPS) is 21.1. The fourth-order valence-corrected chi connectivity index (χ4v) is 4.63. The molecule has 0 amide bonds. The van der Waals surface area contributed by atoms with Crippen LogP contribution in [0.4, 0.5) is 0 Å². The molecule has 114 valence electrons. The molecule has 21 heavy (non-hydrogen) atoms. The van der Waals surface area contributed by atoms with Crippen molar-refractivity contribution in [3.8, 4) is 0 Å². The summed E-state index contributed by atoms with van der Waals surface area (Å²) in [6.07, 6.45) is 8.10. The summed E-state index contributed by atoms with van der Waals surface area (Å²) in [7, 11) is 0. The van der Waals surface area contributed by atoms with E-state index in [1.54, 1.807) is 0 Å². The van der Waals surface area contributed by atoms with Crippen LogP contribution in [0.5, 0.6) is 0 Å². The van der Waals surface area contributed by atoms with E-state index < -0.39 is 0 Å². The molecule has 1 aromatic rings. The Kier molecular flexibility index (Phi) is 4.89. The van der Waals surface area contributed by atoms with Gasteiger partial charge >= 0.3 is 0 Å². The summed E-state index contributed by atoms with van der Waals surface area (Å²) in [5.74, 6) is 1.27. The SMILES string of the molecule is Cc1cccc(CCNC2=NCC3(CCCCC3)CS2)c1. The molecule has 1 saturated carbocycles. The van der Waals surface area contributed by atoms with Crippen molar-refractivity contribution >= 4 is 16.9 Å². The van der Waals surface area contributed by atoms with E-state index in [0.717, 1.165) is 19.5 Å². The van der Waals surface area contributed by atoms with E-state index >= 15 is 0 Å². The molecule has 3 heteroatoms. The van der Waals surface area contributed by atoms with Crippen LogP contribution in [-0.2, 0) is 6.42 Å². The van der Waals surface area contributed by atoms with Crippen molar-refractivity contribution < 1.29 is 0 Å². The number of hydrogen-bond donors (Lipinski definition) is 1. The van der Waals surface area contributed by atoms with Gasteiger partial charge in [-0.2, -0.15) is 0 Å². The molecule has 0 saturated heterocycles. The smallest absolute Gasteiger partial charge is 0.156 e. The molecular weight excluding hydrogens is 276 g/mol. The monoisotopic (exact) mass is 302 g/mol. The molecule has 2 nitrogen and oxygen atoms in total. The first kappa shape index (κ1) is 15.0. The summed E-state index contributed by atoms with van der Waals surface area (Å²) >= 11 is 1.95. The van der Waals surface area contributed by atoms with Crippen LogP contribution in [-0.4, -0.2) is 24.0 Å². The Morgan fingerprint density at radius 3 is 2.81 bits per heavy atom. The summed E-state index contributed by atoms with van der Waals surface area (Å²) in [6.45, 7) is 4.19. The van der Waals surface area contributed by atoms with Crippen LogP contribution in [0.15, 0.2) is 29.3 Å². The van der Waals surface area contributed by atoms with Crippen molar-refractivity contribution in [2.45, 2.75) is 45.4 Å². The van der Waals surface area contributed by atoms with Crippen LogP contribution in [0.25, 0.3) is 0 Å². The lowest BCUT2D eigenvalue weighted by molar-refractivity contribution is 0.232. The molecule has 0 bridgehead atoms. The number of hydrogen-bond acceptors (Lipinski definition) is 3. The maximum absolute atomic E-state index is 4.82. The standard InChI is InChI=1S/C18H26N2S/c1-15-6-5-7-16(12-15)8-11-19-17-20-13-18(14-21-17)9-3-2-4-10-18/h5-7,12H,2-4,8-11,13-14H2,1H3,(H,19,20). The summed E-state index contributed by atoms with van der Waals surface area (Å²) in [5.41, 5.74) is 3.29. The number of aliphatic imine (C=N–C) groups is 1. The van der Waals surface area contributed by atoms with Crippen LogP contribution in [0.2, 0.25) is 0 Å². The topological polar surface area (TPSA) is 24.4 Å². The van der Waals surface area contributed by atoms with Crippen molar-refractivity contribution in [3.05, 3.63) is 35.4 Å². The second-order valence-corrected chi connectivity index (χ2v) is 7.60. The van der Waals surface area contributed by atoms with E-state index in [1.165, 1.54) is 54.2 Å². The van der Waals surface area contributed by atoms with Gasteiger partial charge in [0.1, 0.15) is 0 Å². The van der Waals surface area contributed by atoms with Crippen molar-refractivity contribution in [3.63, 3.8) is 0 Å². The second-order valence-electron chi connectivity index (χ2n) is 6.64. The van der Waals surface area contributed by atoms with Gasteiger partial charge in [0.25, 0.3) is 0 Å². The van der Waals surface area contributed by atoms with E-state index in [4.69, 9.17) is 4.99 Å². The van der Waals surface area contributed by atoms with Crippen molar-refractivity contribution in [1.29, 1.82) is 0 Å². The Bertz CT molecular complexity index is 504. The molecule has 1 aliphatic carbocycles. The van der Waals surface area contributed by atoms with Gasteiger partial charge in [0.2, 0.25) is 0 Å². The van der Waals surface area contributed by atoms with Gasteiger partial charge in [-0.1, -0.05) is 60.9 Å². The molecule has 1 aliphatic heterocycles. The van der Waals surface area contributed by atoms with Gasteiger partial charge in [-0.3, -0.25) is 4.99 Å². The second kappa shape index (κ2) is 6.87. The van der Waals surface area contributed by atoms with E-state index in [2.05, 4.69) is 36.5 Å². The molecule has 1 N–H and O–H groups in total. The van der Waals surface area contributed by atoms with Gasteiger partial charge in [-0.05, 0) is 37.2 Å². The highest BCUT2D eigenvalue weighted by Gasteiger charge is 2.34. The molecule has 1 aromatic carbocycles. The Morgan fingerprint density at radius 2 is 2.10 bits per heavy atom. The largest absolute Gasteiger partial charge is 0.365 e. The Morgan fingerprint density at radius 1 is 1.24 bits per heavy atom. The molecule has 0 unspecified atom stereocenters. The van der Waals surface area contributed by atoms with Gasteiger partial charge in [0.05, 0.1) is 0 Å². The Hall–Kier alpha value is -0.960. The van der Waals surface area contributed by atoms with E-state index in [-0.39, 0.29) is 0 Å². The number of thioether (sulfide) groups is 1. The highest BCUT2D eigenvalue weighted by atomic mass is 32.2. The number of amidine groups is 1. The fourth-order valence-electron chi connectivity index (χ4n) is 3.44. The average molecular weight is 302 g/mol. The zero-order valence-electron chi connectivity index (χ0n) is 13.0. The van der Waals surface area contributed by atoms with Gasteiger partial charge in [-0.15, -0.1) is 0 Å². The average Bonchev–Trinajstić information content (AvgIpc) is 2.51.